The zero-order chi connectivity index (χ0) is 21.8. The molecule has 0 saturated carbocycles. The number of thioether (sulfide) groups is 1. The Hall–Kier alpha value is -2.55. The van der Waals surface area contributed by atoms with Gasteiger partial charge in [0.1, 0.15) is 22.8 Å². The number of nitrogens with zero attached hydrogens (tertiary/aromatic N) is 2. The number of methoxy groups -OCH3 is 1. The fourth-order valence-corrected chi connectivity index (χ4v) is 5.08. The van der Waals surface area contributed by atoms with Crippen LogP contribution in [0.5, 0.6) is 5.75 Å². The summed E-state index contributed by atoms with van der Waals surface area (Å²) in [7, 11) is 1.57. The fraction of sp³-hybridized carbons (Fsp3) is 0.182. The van der Waals surface area contributed by atoms with E-state index in [1.807, 2.05) is 6.07 Å². The van der Waals surface area contributed by atoms with E-state index in [0.717, 1.165) is 9.60 Å². The molecule has 31 heavy (non-hydrogen) atoms. The van der Waals surface area contributed by atoms with Crippen LogP contribution < -0.4 is 9.64 Å². The number of carbonyl (C=O) groups is 1. The van der Waals surface area contributed by atoms with Crippen LogP contribution in [0.3, 0.4) is 0 Å². The zero-order valence-corrected chi connectivity index (χ0v) is 18.9. The molecule has 2 heterocycles. The molecule has 0 aliphatic heterocycles. The third-order valence-corrected chi connectivity index (χ3v) is 7.04. The lowest BCUT2D eigenvalue weighted by molar-refractivity contribution is -0.118. The average Bonchev–Trinajstić information content (AvgIpc) is 3.44. The first-order chi connectivity index (χ1) is 15.0. The van der Waals surface area contributed by atoms with E-state index in [1.54, 1.807) is 48.6 Å². The number of aromatic nitrogens is 1. The van der Waals surface area contributed by atoms with E-state index in [2.05, 4.69) is 4.98 Å². The van der Waals surface area contributed by atoms with Gasteiger partial charge in [0.25, 0.3) is 0 Å². The first-order valence-electron chi connectivity index (χ1n) is 9.39. The van der Waals surface area contributed by atoms with Crippen molar-refractivity contribution in [2.45, 2.75) is 17.9 Å². The van der Waals surface area contributed by atoms with Crippen LogP contribution in [-0.4, -0.2) is 23.8 Å². The Morgan fingerprint density at radius 1 is 1.26 bits per heavy atom. The minimum atomic E-state index is -0.282. The molecule has 0 aliphatic rings. The van der Waals surface area contributed by atoms with Crippen LogP contribution in [0.2, 0.25) is 5.02 Å². The Balaban J connectivity index is 1.56. The Morgan fingerprint density at radius 3 is 2.77 bits per heavy atom. The summed E-state index contributed by atoms with van der Waals surface area (Å²) < 4.78 is 24.7. The second kappa shape index (κ2) is 9.72. The van der Waals surface area contributed by atoms with E-state index in [0.29, 0.717) is 32.9 Å². The van der Waals surface area contributed by atoms with Crippen LogP contribution in [0, 0.1) is 5.82 Å². The van der Waals surface area contributed by atoms with E-state index < -0.39 is 0 Å². The van der Waals surface area contributed by atoms with Gasteiger partial charge in [-0.25, -0.2) is 9.37 Å². The Labute approximate surface area is 191 Å². The van der Waals surface area contributed by atoms with E-state index in [9.17, 15) is 9.18 Å². The van der Waals surface area contributed by atoms with Gasteiger partial charge >= 0.3 is 0 Å². The second-order valence-corrected chi connectivity index (χ2v) is 9.09. The van der Waals surface area contributed by atoms with E-state index in [1.165, 1.54) is 35.2 Å². The first-order valence-corrected chi connectivity index (χ1v) is 11.6. The van der Waals surface area contributed by atoms with Crippen LogP contribution >= 0.6 is 34.7 Å². The van der Waals surface area contributed by atoms with Gasteiger partial charge < -0.3 is 9.15 Å². The molecule has 0 fully saturated rings. The van der Waals surface area contributed by atoms with Crippen LogP contribution in [0.4, 0.5) is 9.52 Å². The first kappa shape index (κ1) is 21.7. The summed E-state index contributed by atoms with van der Waals surface area (Å²) in [5, 5.41) is 1.08. The van der Waals surface area contributed by atoms with Gasteiger partial charge in [-0.1, -0.05) is 22.9 Å². The summed E-state index contributed by atoms with van der Waals surface area (Å²) in [6, 6.07) is 13.3. The topological polar surface area (TPSA) is 55.6 Å². The standard InChI is InChI=1S/C22H18ClFN2O3S2/c1-28-18-9-8-17(23)21-20(18)25-22(31-21)26(13-15-3-2-11-29-15)19(27)10-12-30-16-6-4-14(24)5-7-16/h2-9,11H,10,12-13H2,1H3. The zero-order valence-electron chi connectivity index (χ0n) is 16.5. The molecule has 2 aromatic carbocycles. The van der Waals surface area contributed by atoms with Crippen LogP contribution in [-0.2, 0) is 11.3 Å². The number of thiazole rings is 1. The minimum absolute atomic E-state index is 0.0971. The summed E-state index contributed by atoms with van der Waals surface area (Å²) in [5.74, 6) is 1.42. The average molecular weight is 477 g/mol. The number of rotatable bonds is 8. The largest absolute Gasteiger partial charge is 0.494 e. The highest BCUT2D eigenvalue weighted by Gasteiger charge is 2.23. The molecule has 0 bridgehead atoms. The number of benzene rings is 2. The van der Waals surface area contributed by atoms with Gasteiger partial charge in [-0.15, -0.1) is 11.8 Å². The molecule has 160 valence electrons. The molecule has 9 heteroatoms. The molecule has 0 saturated heterocycles. The third kappa shape index (κ3) is 5.03. The van der Waals surface area contributed by atoms with Crippen LogP contribution in [0.1, 0.15) is 12.2 Å². The van der Waals surface area contributed by atoms with E-state index in [4.69, 9.17) is 20.8 Å². The highest BCUT2D eigenvalue weighted by Crippen LogP contribution is 2.39. The molecule has 0 atom stereocenters. The summed E-state index contributed by atoms with van der Waals surface area (Å²) in [5.41, 5.74) is 0.618. The van der Waals surface area contributed by atoms with Crippen molar-refractivity contribution >= 4 is 56.0 Å². The maximum Gasteiger partial charge on any atom is 0.230 e. The summed E-state index contributed by atoms with van der Waals surface area (Å²) in [4.78, 5) is 20.3. The lowest BCUT2D eigenvalue weighted by Crippen LogP contribution is -2.30. The van der Waals surface area contributed by atoms with E-state index >= 15 is 0 Å². The molecular weight excluding hydrogens is 459 g/mol. The minimum Gasteiger partial charge on any atom is -0.494 e. The van der Waals surface area contributed by atoms with Crippen molar-refractivity contribution in [3.63, 3.8) is 0 Å². The van der Waals surface area contributed by atoms with Crippen molar-refractivity contribution in [1.82, 2.24) is 4.98 Å². The van der Waals surface area contributed by atoms with Gasteiger partial charge in [-0.05, 0) is 48.5 Å². The molecule has 0 unspecified atom stereocenters. The molecular formula is C22H18ClFN2O3S2. The summed E-state index contributed by atoms with van der Waals surface area (Å²) >= 11 is 9.18. The molecule has 0 aliphatic carbocycles. The highest BCUT2D eigenvalue weighted by atomic mass is 35.5. The van der Waals surface area contributed by atoms with E-state index in [-0.39, 0.29) is 24.7 Å². The van der Waals surface area contributed by atoms with Crippen molar-refractivity contribution in [3.8, 4) is 5.75 Å². The van der Waals surface area contributed by atoms with Crippen molar-refractivity contribution in [1.29, 1.82) is 0 Å². The van der Waals surface area contributed by atoms with Crippen molar-refractivity contribution in [3.05, 3.63) is 71.4 Å². The van der Waals surface area contributed by atoms with Gasteiger partial charge in [0, 0.05) is 17.1 Å². The lowest BCUT2D eigenvalue weighted by atomic mass is 10.3. The van der Waals surface area contributed by atoms with Gasteiger partial charge in [-0.2, -0.15) is 0 Å². The van der Waals surface area contributed by atoms with Crippen molar-refractivity contribution in [2.75, 3.05) is 17.8 Å². The number of ether oxygens (including phenoxy) is 1. The predicted octanol–water partition coefficient (Wildman–Crippen LogP) is 6.41. The molecule has 0 N–H and O–H groups in total. The Morgan fingerprint density at radius 2 is 2.06 bits per heavy atom. The number of carbonyl (C=O) groups excluding carboxylic acids is 1. The maximum absolute atomic E-state index is 13.1. The monoisotopic (exact) mass is 476 g/mol. The van der Waals surface area contributed by atoms with Gasteiger partial charge in [0.15, 0.2) is 5.13 Å². The highest BCUT2D eigenvalue weighted by molar-refractivity contribution is 7.99. The molecule has 0 radical (unpaired) electrons. The van der Waals surface area contributed by atoms with Crippen LogP contribution in [0.25, 0.3) is 10.2 Å². The van der Waals surface area contributed by atoms with Gasteiger partial charge in [0.05, 0.1) is 29.6 Å². The molecule has 4 rings (SSSR count). The number of anilines is 1. The molecule has 1 amide bonds. The van der Waals surface area contributed by atoms with Crippen molar-refractivity contribution in [2.24, 2.45) is 0 Å². The molecule has 5 nitrogen and oxygen atoms in total. The number of amides is 1. The van der Waals surface area contributed by atoms with Crippen LogP contribution in [0.15, 0.2) is 64.1 Å². The Kier molecular flexibility index (Phi) is 6.80. The summed E-state index contributed by atoms with van der Waals surface area (Å²) in [6.45, 7) is 0.257. The lowest BCUT2D eigenvalue weighted by Gasteiger charge is -2.18. The molecule has 2 aromatic heterocycles. The fourth-order valence-electron chi connectivity index (χ4n) is 2.96. The number of hydrogen-bond donors (Lipinski definition) is 0. The molecule has 0 spiro atoms. The maximum atomic E-state index is 13.1. The molecule has 4 aromatic rings. The SMILES string of the molecule is COc1ccc(Cl)c2sc(N(Cc3ccco3)C(=O)CCSc3ccc(F)cc3)nc12. The van der Waals surface area contributed by atoms with Gasteiger partial charge in [-0.3, -0.25) is 9.69 Å². The predicted molar refractivity (Wildman–Crippen MR) is 123 cm³/mol. The number of hydrogen-bond acceptors (Lipinski definition) is 6. The Bertz CT molecular complexity index is 1180. The summed E-state index contributed by atoms with van der Waals surface area (Å²) in [6.07, 6.45) is 1.85. The van der Waals surface area contributed by atoms with Crippen molar-refractivity contribution < 1.29 is 18.3 Å². The smallest absolute Gasteiger partial charge is 0.230 e. The third-order valence-electron chi connectivity index (χ3n) is 4.49. The number of fused-ring (bicyclic) bond motifs is 1. The second-order valence-electron chi connectivity index (χ2n) is 6.54. The quantitative estimate of drug-likeness (QED) is 0.275. The normalized spacial score (nSPS) is 11.1. The van der Waals surface area contributed by atoms with Gasteiger partial charge in [0.2, 0.25) is 5.91 Å². The number of furan rings is 1. The number of halogens is 2.